The number of nitrogens with zero attached hydrogens (tertiary/aromatic N) is 2. The highest BCUT2D eigenvalue weighted by Crippen LogP contribution is 2.15. The molecule has 1 N–H and O–H groups in total. The van der Waals surface area contributed by atoms with Crippen LogP contribution >= 0.6 is 0 Å². The maximum atomic E-state index is 12.3. The molecule has 6 nitrogen and oxygen atoms in total. The molecule has 1 aliphatic heterocycles. The summed E-state index contributed by atoms with van der Waals surface area (Å²) in [7, 11) is 0. The van der Waals surface area contributed by atoms with E-state index in [4.69, 9.17) is 4.74 Å². The fourth-order valence-electron chi connectivity index (χ4n) is 3.67. The van der Waals surface area contributed by atoms with Gasteiger partial charge in [-0.2, -0.15) is 0 Å². The fraction of sp³-hybridized carbons (Fsp3) is 0.440. The van der Waals surface area contributed by atoms with E-state index in [1.807, 2.05) is 53.4 Å². The predicted molar refractivity (Wildman–Crippen MR) is 123 cm³/mol. The lowest BCUT2D eigenvalue weighted by molar-refractivity contribution is -0.145. The third-order valence-corrected chi connectivity index (χ3v) is 5.51. The average Bonchev–Trinajstić information content (AvgIpc) is 2.83. The summed E-state index contributed by atoms with van der Waals surface area (Å²) in [4.78, 5) is 28.3. The fourth-order valence-corrected chi connectivity index (χ4v) is 3.67. The molecule has 0 aliphatic carbocycles. The zero-order valence-electron chi connectivity index (χ0n) is 18.2. The van der Waals surface area contributed by atoms with Crippen molar-refractivity contribution in [1.82, 2.24) is 10.2 Å². The van der Waals surface area contributed by atoms with Crippen molar-refractivity contribution in [2.75, 3.05) is 37.6 Å². The Morgan fingerprint density at radius 1 is 0.806 bits per heavy atom. The number of carbonyl (C=O) groups is 2. The highest BCUT2D eigenvalue weighted by molar-refractivity contribution is 5.74. The van der Waals surface area contributed by atoms with Crippen molar-refractivity contribution in [3.8, 4) is 0 Å². The molecule has 0 radical (unpaired) electrons. The molecule has 166 valence electrons. The monoisotopic (exact) mass is 423 g/mol. The smallest absolute Gasteiger partial charge is 0.317 e. The van der Waals surface area contributed by atoms with Gasteiger partial charge in [0.25, 0.3) is 0 Å². The van der Waals surface area contributed by atoms with Crippen LogP contribution in [0.1, 0.15) is 37.7 Å². The number of rotatable bonds is 10. The normalized spacial score (nSPS) is 13.7. The number of amides is 2. The maximum Gasteiger partial charge on any atom is 0.317 e. The molecule has 2 aromatic rings. The van der Waals surface area contributed by atoms with E-state index >= 15 is 0 Å². The lowest BCUT2D eigenvalue weighted by atomic mass is 10.1. The van der Waals surface area contributed by atoms with Crippen molar-refractivity contribution in [1.29, 1.82) is 0 Å². The first-order valence-corrected chi connectivity index (χ1v) is 11.2. The van der Waals surface area contributed by atoms with Crippen molar-refractivity contribution in [3.63, 3.8) is 0 Å². The highest BCUT2D eigenvalue weighted by Gasteiger charge is 2.20. The molecule has 0 unspecified atom stereocenters. The first kappa shape index (κ1) is 22.7. The van der Waals surface area contributed by atoms with Gasteiger partial charge in [-0.3, -0.25) is 4.79 Å². The summed E-state index contributed by atoms with van der Waals surface area (Å²) in [6.07, 6.45) is 4.16. The number of hydrogen-bond donors (Lipinski definition) is 1. The maximum absolute atomic E-state index is 12.3. The average molecular weight is 424 g/mol. The number of benzene rings is 2. The number of piperazine rings is 1. The van der Waals surface area contributed by atoms with Gasteiger partial charge < -0.3 is 19.9 Å². The van der Waals surface area contributed by atoms with Crippen LogP contribution in [-0.2, 0) is 16.1 Å². The Kier molecular flexibility index (Phi) is 9.23. The number of nitrogens with one attached hydrogen (secondary N) is 1. The summed E-state index contributed by atoms with van der Waals surface area (Å²) in [6.45, 7) is 4.22. The molecule has 1 fully saturated rings. The van der Waals surface area contributed by atoms with Crippen LogP contribution in [0.2, 0.25) is 0 Å². The summed E-state index contributed by atoms with van der Waals surface area (Å²) in [5.74, 6) is -0.146. The number of carbonyl (C=O) groups excluding carboxylic acids is 2. The highest BCUT2D eigenvalue weighted by atomic mass is 16.5. The number of ether oxygens (including phenoxy) is 1. The summed E-state index contributed by atoms with van der Waals surface area (Å²) < 4.78 is 5.29. The minimum Gasteiger partial charge on any atom is -0.461 e. The van der Waals surface area contributed by atoms with E-state index in [-0.39, 0.29) is 12.0 Å². The summed E-state index contributed by atoms with van der Waals surface area (Å²) in [5, 5.41) is 3.02. The second-order valence-electron chi connectivity index (χ2n) is 7.85. The molecule has 6 heteroatoms. The van der Waals surface area contributed by atoms with Gasteiger partial charge in [0.05, 0.1) is 0 Å². The standard InChI is InChI=1S/C25H33N3O3/c29-24(31-21-22-11-5-3-6-12-22)15-9-1-2-10-16-26-25(30)28-19-17-27(18-20-28)23-13-7-4-8-14-23/h3-8,11-14H,1-2,9-10,15-21H2,(H,26,30). The molecule has 31 heavy (non-hydrogen) atoms. The van der Waals surface area contributed by atoms with E-state index in [2.05, 4.69) is 22.3 Å². The van der Waals surface area contributed by atoms with Crippen LogP contribution in [0.25, 0.3) is 0 Å². The molecule has 0 spiro atoms. The van der Waals surface area contributed by atoms with Crippen LogP contribution in [0.3, 0.4) is 0 Å². The summed E-state index contributed by atoms with van der Waals surface area (Å²) in [6, 6.07) is 20.1. The third kappa shape index (κ3) is 7.96. The van der Waals surface area contributed by atoms with Gasteiger partial charge in [0.2, 0.25) is 0 Å². The van der Waals surface area contributed by atoms with E-state index in [1.165, 1.54) is 5.69 Å². The summed E-state index contributed by atoms with van der Waals surface area (Å²) in [5.41, 5.74) is 2.22. The number of hydrogen-bond acceptors (Lipinski definition) is 4. The van der Waals surface area contributed by atoms with Crippen molar-refractivity contribution < 1.29 is 14.3 Å². The minimum absolute atomic E-state index is 0.0252. The molecule has 0 saturated carbocycles. The largest absolute Gasteiger partial charge is 0.461 e. The number of para-hydroxylation sites is 1. The molecular formula is C25H33N3O3. The first-order valence-electron chi connectivity index (χ1n) is 11.2. The van der Waals surface area contributed by atoms with Crippen molar-refractivity contribution >= 4 is 17.7 Å². The Hall–Kier alpha value is -3.02. The van der Waals surface area contributed by atoms with Crippen molar-refractivity contribution in [2.45, 2.75) is 38.7 Å². The zero-order valence-corrected chi connectivity index (χ0v) is 18.2. The molecule has 2 amide bonds. The second kappa shape index (κ2) is 12.6. The minimum atomic E-state index is -0.146. The topological polar surface area (TPSA) is 61.9 Å². The lowest BCUT2D eigenvalue weighted by Crippen LogP contribution is -2.52. The number of anilines is 1. The molecular weight excluding hydrogens is 390 g/mol. The van der Waals surface area contributed by atoms with Gasteiger partial charge in [-0.25, -0.2) is 4.79 Å². The van der Waals surface area contributed by atoms with E-state index in [9.17, 15) is 9.59 Å². The van der Waals surface area contributed by atoms with Gasteiger partial charge >= 0.3 is 12.0 Å². The number of esters is 1. The van der Waals surface area contributed by atoms with Gasteiger partial charge in [0, 0.05) is 44.8 Å². The van der Waals surface area contributed by atoms with Gasteiger partial charge in [-0.05, 0) is 30.5 Å². The molecule has 0 aromatic heterocycles. The van der Waals surface area contributed by atoms with Crippen LogP contribution in [-0.4, -0.2) is 49.6 Å². The zero-order chi connectivity index (χ0) is 21.7. The Balaban J connectivity index is 1.18. The SMILES string of the molecule is O=C(CCCCCCNC(=O)N1CCN(c2ccccc2)CC1)OCc1ccccc1. The second-order valence-corrected chi connectivity index (χ2v) is 7.85. The lowest BCUT2D eigenvalue weighted by Gasteiger charge is -2.36. The Morgan fingerprint density at radius 3 is 2.16 bits per heavy atom. The van der Waals surface area contributed by atoms with Crippen LogP contribution in [0.15, 0.2) is 60.7 Å². The molecule has 3 rings (SSSR count). The Bertz CT molecular complexity index is 790. The molecule has 0 bridgehead atoms. The van der Waals surface area contributed by atoms with Crippen LogP contribution in [0.4, 0.5) is 10.5 Å². The Labute approximate surface area is 185 Å². The molecule has 0 atom stereocenters. The van der Waals surface area contributed by atoms with Crippen LogP contribution in [0.5, 0.6) is 0 Å². The first-order chi connectivity index (χ1) is 15.2. The van der Waals surface area contributed by atoms with Crippen molar-refractivity contribution in [3.05, 3.63) is 66.2 Å². The molecule has 1 heterocycles. The van der Waals surface area contributed by atoms with Gasteiger partial charge in [-0.1, -0.05) is 61.4 Å². The third-order valence-electron chi connectivity index (χ3n) is 5.51. The molecule has 1 saturated heterocycles. The summed E-state index contributed by atoms with van der Waals surface area (Å²) >= 11 is 0. The van der Waals surface area contributed by atoms with E-state index in [0.717, 1.165) is 57.4 Å². The van der Waals surface area contributed by atoms with E-state index in [1.54, 1.807) is 0 Å². The number of urea groups is 1. The molecule has 1 aliphatic rings. The number of unbranched alkanes of at least 4 members (excludes halogenated alkanes) is 3. The molecule has 2 aromatic carbocycles. The van der Waals surface area contributed by atoms with E-state index in [0.29, 0.717) is 19.6 Å². The van der Waals surface area contributed by atoms with Crippen LogP contribution in [0, 0.1) is 0 Å². The van der Waals surface area contributed by atoms with E-state index < -0.39 is 0 Å². The quantitative estimate of drug-likeness (QED) is 0.459. The van der Waals surface area contributed by atoms with Gasteiger partial charge in [0.15, 0.2) is 0 Å². The Morgan fingerprint density at radius 2 is 1.45 bits per heavy atom. The van der Waals surface area contributed by atoms with Crippen molar-refractivity contribution in [2.24, 2.45) is 0 Å². The van der Waals surface area contributed by atoms with Crippen LogP contribution < -0.4 is 10.2 Å². The predicted octanol–water partition coefficient (Wildman–Crippen LogP) is 4.21. The van der Waals surface area contributed by atoms with Gasteiger partial charge in [-0.15, -0.1) is 0 Å². The van der Waals surface area contributed by atoms with Gasteiger partial charge in [0.1, 0.15) is 6.61 Å².